The Bertz CT molecular complexity index is 606. The van der Waals surface area contributed by atoms with E-state index in [1.807, 2.05) is 31.2 Å². The number of benzene rings is 1. The van der Waals surface area contributed by atoms with Crippen LogP contribution in [0.15, 0.2) is 24.3 Å². The van der Waals surface area contributed by atoms with Crippen LogP contribution >= 0.6 is 0 Å². The van der Waals surface area contributed by atoms with Gasteiger partial charge in [0.1, 0.15) is 6.54 Å². The first-order valence-corrected chi connectivity index (χ1v) is 8.40. The minimum atomic E-state index is -0.209. The minimum Gasteiger partial charge on any atom is -0.323 e. The Hall–Kier alpha value is -1.88. The van der Waals surface area contributed by atoms with Gasteiger partial charge in [-0.15, -0.1) is 0 Å². The lowest BCUT2D eigenvalue weighted by Gasteiger charge is -2.40. The number of likely N-dealkylation sites (tertiary alicyclic amines) is 1. The molecule has 5 heteroatoms. The summed E-state index contributed by atoms with van der Waals surface area (Å²) in [5, 5.41) is 2.83. The number of nitrogens with zero attached hydrogens (tertiary/aromatic N) is 2. The lowest BCUT2D eigenvalue weighted by atomic mass is 9.91. The van der Waals surface area contributed by atoms with Gasteiger partial charge in [0.05, 0.1) is 17.4 Å². The van der Waals surface area contributed by atoms with Gasteiger partial charge >= 0.3 is 0 Å². The van der Waals surface area contributed by atoms with Crippen molar-refractivity contribution in [1.82, 2.24) is 4.90 Å². The van der Waals surface area contributed by atoms with Crippen molar-refractivity contribution in [2.24, 2.45) is 11.8 Å². The molecule has 1 fully saturated rings. The van der Waals surface area contributed by atoms with Gasteiger partial charge in [-0.1, -0.05) is 26.0 Å². The molecule has 0 radical (unpaired) electrons. The van der Waals surface area contributed by atoms with Crippen molar-refractivity contribution in [3.05, 3.63) is 24.3 Å². The van der Waals surface area contributed by atoms with E-state index in [2.05, 4.69) is 24.1 Å². The van der Waals surface area contributed by atoms with Gasteiger partial charge in [0.15, 0.2) is 0 Å². The lowest BCUT2D eigenvalue weighted by Crippen LogP contribution is -2.54. The van der Waals surface area contributed by atoms with E-state index >= 15 is 0 Å². The van der Waals surface area contributed by atoms with Crippen LogP contribution in [0.3, 0.4) is 0 Å². The summed E-state index contributed by atoms with van der Waals surface area (Å²) in [5.41, 5.74) is 1.51. The van der Waals surface area contributed by atoms with E-state index in [4.69, 9.17) is 0 Å². The van der Waals surface area contributed by atoms with Gasteiger partial charge in [0, 0.05) is 13.1 Å². The molecule has 5 nitrogen and oxygen atoms in total. The molecule has 2 aliphatic heterocycles. The lowest BCUT2D eigenvalue weighted by molar-refractivity contribution is -0.126. The maximum Gasteiger partial charge on any atom is 0.244 e. The molecule has 2 heterocycles. The van der Waals surface area contributed by atoms with E-state index in [0.29, 0.717) is 17.5 Å². The molecule has 23 heavy (non-hydrogen) atoms. The summed E-state index contributed by atoms with van der Waals surface area (Å²) in [4.78, 5) is 28.8. The summed E-state index contributed by atoms with van der Waals surface area (Å²) in [5.74, 6) is 1.08. The number of carbonyl (C=O) groups is 2. The summed E-state index contributed by atoms with van der Waals surface area (Å²) in [6, 6.07) is 7.28. The normalized spacial score (nSPS) is 26.4. The molecule has 1 aromatic rings. The minimum absolute atomic E-state index is 0.00796. The highest BCUT2D eigenvalue weighted by atomic mass is 16.2. The van der Waals surface area contributed by atoms with E-state index in [1.165, 1.54) is 6.42 Å². The first kappa shape index (κ1) is 16.0. The largest absolute Gasteiger partial charge is 0.323 e. The van der Waals surface area contributed by atoms with Gasteiger partial charge < -0.3 is 5.32 Å². The fourth-order valence-corrected chi connectivity index (χ4v) is 3.84. The van der Waals surface area contributed by atoms with Crippen molar-refractivity contribution >= 4 is 23.2 Å². The number of fused-ring (bicyclic) bond motifs is 1. The zero-order chi connectivity index (χ0) is 16.6. The Balaban J connectivity index is 1.81. The monoisotopic (exact) mass is 315 g/mol. The van der Waals surface area contributed by atoms with Gasteiger partial charge in [-0.05, 0) is 37.3 Å². The third-order valence-electron chi connectivity index (χ3n) is 4.84. The van der Waals surface area contributed by atoms with Crippen LogP contribution in [-0.2, 0) is 9.59 Å². The number of hydrogen-bond donors (Lipinski definition) is 1. The average molecular weight is 315 g/mol. The molecule has 0 spiro atoms. The van der Waals surface area contributed by atoms with E-state index in [1.54, 1.807) is 4.90 Å². The highest BCUT2D eigenvalue weighted by Gasteiger charge is 2.34. The van der Waals surface area contributed by atoms with Crippen LogP contribution in [-0.4, -0.2) is 42.4 Å². The van der Waals surface area contributed by atoms with Gasteiger partial charge in [0.2, 0.25) is 11.8 Å². The first-order chi connectivity index (χ1) is 11.0. The van der Waals surface area contributed by atoms with E-state index < -0.39 is 0 Å². The zero-order valence-electron chi connectivity index (χ0n) is 14.1. The standard InChI is InChI=1S/C18H25N3O2/c1-12-8-13(2)10-20(9-12)14(3)18(23)21-11-17(22)19-15-6-4-5-7-16(15)21/h4-7,12-14H,8-11H2,1-3H3,(H,19,22)/t12-,13+,14-/m0/s1. The molecular weight excluding hydrogens is 290 g/mol. The van der Waals surface area contributed by atoms with Crippen molar-refractivity contribution in [2.45, 2.75) is 33.2 Å². The quantitative estimate of drug-likeness (QED) is 0.911. The predicted molar refractivity (Wildman–Crippen MR) is 91.4 cm³/mol. The van der Waals surface area contributed by atoms with Crippen LogP contribution in [0.25, 0.3) is 0 Å². The molecule has 2 aliphatic rings. The molecule has 3 rings (SSSR count). The Labute approximate surface area is 137 Å². The van der Waals surface area contributed by atoms with Gasteiger partial charge in [-0.2, -0.15) is 0 Å². The fraction of sp³-hybridized carbons (Fsp3) is 0.556. The maximum atomic E-state index is 13.0. The highest BCUT2D eigenvalue weighted by Crippen LogP contribution is 2.30. The molecule has 0 unspecified atom stereocenters. The topological polar surface area (TPSA) is 52.7 Å². The highest BCUT2D eigenvalue weighted by molar-refractivity contribution is 6.11. The number of anilines is 2. The zero-order valence-corrected chi connectivity index (χ0v) is 14.1. The Kier molecular flexibility index (Phi) is 4.39. The van der Waals surface area contributed by atoms with Crippen LogP contribution in [0.1, 0.15) is 27.2 Å². The summed E-state index contributed by atoms with van der Waals surface area (Å²) in [7, 11) is 0. The molecule has 0 aromatic heterocycles. The van der Waals surface area contributed by atoms with Crippen molar-refractivity contribution < 1.29 is 9.59 Å². The number of para-hydroxylation sites is 2. The first-order valence-electron chi connectivity index (χ1n) is 8.40. The van der Waals surface area contributed by atoms with Crippen LogP contribution in [0.4, 0.5) is 11.4 Å². The van der Waals surface area contributed by atoms with E-state index in [-0.39, 0.29) is 24.4 Å². The summed E-state index contributed by atoms with van der Waals surface area (Å²) < 4.78 is 0. The summed E-state index contributed by atoms with van der Waals surface area (Å²) in [6.07, 6.45) is 1.21. The molecular formula is C18H25N3O2. The van der Waals surface area contributed by atoms with Crippen molar-refractivity contribution in [3.8, 4) is 0 Å². The Morgan fingerprint density at radius 3 is 2.57 bits per heavy atom. The molecule has 0 aliphatic carbocycles. The Morgan fingerprint density at radius 1 is 1.22 bits per heavy atom. The number of hydrogen-bond acceptors (Lipinski definition) is 3. The van der Waals surface area contributed by atoms with Crippen molar-refractivity contribution in [3.63, 3.8) is 0 Å². The molecule has 1 N–H and O–H groups in total. The molecule has 1 aromatic carbocycles. The molecule has 0 bridgehead atoms. The third-order valence-corrected chi connectivity index (χ3v) is 4.84. The SMILES string of the molecule is C[C@@H]1C[C@H](C)CN([C@@H](C)C(=O)N2CC(=O)Nc3ccccc32)C1. The maximum absolute atomic E-state index is 13.0. The molecule has 2 amide bonds. The number of piperidine rings is 1. The Morgan fingerprint density at radius 2 is 1.87 bits per heavy atom. The second-order valence-electron chi connectivity index (χ2n) is 7.07. The van der Waals surface area contributed by atoms with Crippen LogP contribution < -0.4 is 10.2 Å². The van der Waals surface area contributed by atoms with E-state index in [9.17, 15) is 9.59 Å². The number of rotatable bonds is 2. The third kappa shape index (κ3) is 3.24. The van der Waals surface area contributed by atoms with Crippen molar-refractivity contribution in [1.29, 1.82) is 0 Å². The number of carbonyl (C=O) groups excluding carboxylic acids is 2. The van der Waals surface area contributed by atoms with Crippen molar-refractivity contribution in [2.75, 3.05) is 29.9 Å². The number of amides is 2. The molecule has 0 saturated carbocycles. The summed E-state index contributed by atoms with van der Waals surface area (Å²) in [6.45, 7) is 8.42. The predicted octanol–water partition coefficient (Wildman–Crippen LogP) is 2.34. The molecule has 124 valence electrons. The van der Waals surface area contributed by atoms with Crippen LogP contribution in [0.2, 0.25) is 0 Å². The van der Waals surface area contributed by atoms with Crippen LogP contribution in [0, 0.1) is 11.8 Å². The smallest absolute Gasteiger partial charge is 0.244 e. The fourth-order valence-electron chi connectivity index (χ4n) is 3.84. The van der Waals surface area contributed by atoms with Gasteiger partial charge in [-0.3, -0.25) is 19.4 Å². The van der Waals surface area contributed by atoms with E-state index in [0.717, 1.165) is 18.8 Å². The van der Waals surface area contributed by atoms with Gasteiger partial charge in [0.25, 0.3) is 0 Å². The van der Waals surface area contributed by atoms with Crippen LogP contribution in [0.5, 0.6) is 0 Å². The second kappa shape index (κ2) is 6.32. The van der Waals surface area contributed by atoms with Gasteiger partial charge in [-0.25, -0.2) is 0 Å². The molecule has 1 saturated heterocycles. The number of nitrogens with one attached hydrogen (secondary N) is 1. The second-order valence-corrected chi connectivity index (χ2v) is 7.07. The summed E-state index contributed by atoms with van der Waals surface area (Å²) >= 11 is 0. The average Bonchev–Trinajstić information content (AvgIpc) is 2.51. The molecule has 3 atom stereocenters.